The first-order chi connectivity index (χ1) is 8.72. The number of allylic oxidation sites excluding steroid dienone is 1. The molecule has 0 bridgehead atoms. The van der Waals surface area contributed by atoms with Gasteiger partial charge in [-0.15, -0.1) is 0 Å². The third-order valence-corrected chi connectivity index (χ3v) is 4.00. The van der Waals surface area contributed by atoms with Crippen LogP contribution in [0.5, 0.6) is 0 Å². The van der Waals surface area contributed by atoms with Crippen LogP contribution in [0.15, 0.2) is 12.2 Å². The summed E-state index contributed by atoms with van der Waals surface area (Å²) in [5, 5.41) is 28.2. The van der Waals surface area contributed by atoms with Gasteiger partial charge in [-0.1, -0.05) is 12.2 Å². The first kappa shape index (κ1) is 15.7. The molecule has 0 amide bonds. The van der Waals surface area contributed by atoms with E-state index in [1.54, 1.807) is 31.1 Å². The fourth-order valence-corrected chi connectivity index (χ4v) is 3.26. The van der Waals surface area contributed by atoms with Gasteiger partial charge in [-0.3, -0.25) is 9.59 Å². The van der Waals surface area contributed by atoms with E-state index in [-0.39, 0.29) is 19.4 Å². The van der Waals surface area contributed by atoms with E-state index in [0.29, 0.717) is 0 Å². The van der Waals surface area contributed by atoms with Gasteiger partial charge in [0.05, 0.1) is 10.8 Å². The molecule has 0 heterocycles. The summed E-state index contributed by atoms with van der Waals surface area (Å²) in [5.74, 6) is -2.14. The van der Waals surface area contributed by atoms with Crippen molar-refractivity contribution in [3.8, 4) is 0 Å². The van der Waals surface area contributed by atoms with Crippen LogP contribution in [-0.4, -0.2) is 58.9 Å². The lowest BCUT2D eigenvalue weighted by atomic mass is 9.60. The molecule has 0 radical (unpaired) electrons. The Kier molecular flexibility index (Phi) is 4.37. The van der Waals surface area contributed by atoms with E-state index in [1.165, 1.54) is 6.92 Å². The van der Waals surface area contributed by atoms with Crippen molar-refractivity contribution in [2.45, 2.75) is 25.8 Å². The Morgan fingerprint density at radius 2 is 1.89 bits per heavy atom. The summed E-state index contributed by atoms with van der Waals surface area (Å²) in [7, 11) is 3.33. The molecule has 3 N–H and O–H groups in total. The number of aliphatic carboxylic acids is 2. The smallest absolute Gasteiger partial charge is 0.314 e. The predicted octanol–water partition coefficient (Wildman–Crippen LogP) is 0.421. The van der Waals surface area contributed by atoms with E-state index in [9.17, 15) is 24.9 Å². The first-order valence-electron chi connectivity index (χ1n) is 6.14. The van der Waals surface area contributed by atoms with Gasteiger partial charge in [0.25, 0.3) is 0 Å². The van der Waals surface area contributed by atoms with Crippen molar-refractivity contribution < 1.29 is 24.9 Å². The second-order valence-electron chi connectivity index (χ2n) is 5.50. The quantitative estimate of drug-likeness (QED) is 0.627. The molecular formula is C13H21NO5. The summed E-state index contributed by atoms with van der Waals surface area (Å²) in [6.07, 6.45) is 3.39. The second-order valence-corrected chi connectivity index (χ2v) is 5.50. The normalized spacial score (nSPS) is 34.5. The van der Waals surface area contributed by atoms with E-state index in [1.807, 2.05) is 0 Å². The van der Waals surface area contributed by atoms with Crippen LogP contribution in [0.3, 0.4) is 0 Å². The first-order valence-corrected chi connectivity index (χ1v) is 6.14. The topological polar surface area (TPSA) is 98.1 Å². The van der Waals surface area contributed by atoms with E-state index in [2.05, 4.69) is 0 Å². The summed E-state index contributed by atoms with van der Waals surface area (Å²) < 4.78 is 0. The molecule has 0 fully saturated rings. The zero-order valence-corrected chi connectivity index (χ0v) is 11.5. The Morgan fingerprint density at radius 1 is 1.32 bits per heavy atom. The van der Waals surface area contributed by atoms with Gasteiger partial charge in [0.1, 0.15) is 0 Å². The molecule has 3 atom stereocenters. The summed E-state index contributed by atoms with van der Waals surface area (Å²) in [5.41, 5.74) is -2.59. The highest BCUT2D eigenvalue weighted by Gasteiger charge is 2.57. The molecular weight excluding hydrogens is 250 g/mol. The summed E-state index contributed by atoms with van der Waals surface area (Å²) in [6.45, 7) is 1.23. The molecule has 0 aromatic heterocycles. The largest absolute Gasteiger partial charge is 0.481 e. The van der Waals surface area contributed by atoms with E-state index < -0.39 is 28.8 Å². The lowest BCUT2D eigenvalue weighted by Crippen LogP contribution is -2.61. The number of carboxylic acid groups (broad SMARTS) is 2. The number of hydrogen-bond acceptors (Lipinski definition) is 4. The van der Waals surface area contributed by atoms with Crippen LogP contribution in [0.1, 0.15) is 19.8 Å². The van der Waals surface area contributed by atoms with Crippen LogP contribution in [-0.2, 0) is 9.59 Å². The second kappa shape index (κ2) is 5.30. The number of nitrogens with zero attached hydrogens (tertiary/aromatic N) is 1. The van der Waals surface area contributed by atoms with Crippen LogP contribution < -0.4 is 0 Å². The molecule has 0 aliphatic heterocycles. The lowest BCUT2D eigenvalue weighted by Gasteiger charge is -2.49. The van der Waals surface area contributed by atoms with Crippen molar-refractivity contribution >= 4 is 11.9 Å². The number of rotatable bonds is 5. The summed E-state index contributed by atoms with van der Waals surface area (Å²) in [4.78, 5) is 24.9. The van der Waals surface area contributed by atoms with Gasteiger partial charge in [0.15, 0.2) is 0 Å². The average Bonchev–Trinajstić information content (AvgIpc) is 2.28. The van der Waals surface area contributed by atoms with Gasteiger partial charge in [-0.05, 0) is 33.9 Å². The standard InChI is InChI=1S/C13H21NO5/c1-12(10(16)17)5-4-6-13(7-8-15,11(18)19)9(12)14(2)3/h4-5,9,15H,6-8H2,1-3H3,(H,16,17)(H,18,19). The molecule has 3 unspecified atom stereocenters. The van der Waals surface area contributed by atoms with Gasteiger partial charge < -0.3 is 20.2 Å². The summed E-state index contributed by atoms with van der Waals surface area (Å²) >= 11 is 0. The maximum absolute atomic E-state index is 11.7. The number of carbonyl (C=O) groups is 2. The molecule has 0 aromatic carbocycles. The third kappa shape index (κ3) is 2.37. The molecule has 1 aliphatic carbocycles. The van der Waals surface area contributed by atoms with Crippen molar-refractivity contribution in [2.24, 2.45) is 10.8 Å². The zero-order valence-electron chi connectivity index (χ0n) is 11.5. The van der Waals surface area contributed by atoms with Gasteiger partial charge >= 0.3 is 11.9 Å². The van der Waals surface area contributed by atoms with Crippen molar-refractivity contribution in [1.82, 2.24) is 4.90 Å². The van der Waals surface area contributed by atoms with Gasteiger partial charge in [-0.25, -0.2) is 0 Å². The minimum atomic E-state index is -1.30. The zero-order chi connectivity index (χ0) is 14.8. The maximum atomic E-state index is 11.7. The number of hydrogen-bond donors (Lipinski definition) is 3. The highest BCUT2D eigenvalue weighted by molar-refractivity contribution is 5.83. The van der Waals surface area contributed by atoms with E-state index in [0.717, 1.165) is 0 Å². The third-order valence-electron chi connectivity index (χ3n) is 4.00. The van der Waals surface area contributed by atoms with Crippen LogP contribution in [0.25, 0.3) is 0 Å². The Balaban J connectivity index is 3.43. The number of aliphatic hydroxyl groups excluding tert-OH is 1. The fraction of sp³-hybridized carbons (Fsp3) is 0.692. The number of aliphatic hydroxyl groups is 1. The van der Waals surface area contributed by atoms with Crippen molar-refractivity contribution in [3.05, 3.63) is 12.2 Å². The molecule has 0 saturated heterocycles. The molecule has 0 saturated carbocycles. The van der Waals surface area contributed by atoms with Crippen LogP contribution >= 0.6 is 0 Å². The Labute approximate surface area is 112 Å². The van der Waals surface area contributed by atoms with E-state index >= 15 is 0 Å². The van der Waals surface area contributed by atoms with Crippen LogP contribution in [0.4, 0.5) is 0 Å². The van der Waals surface area contributed by atoms with Gasteiger partial charge in [0, 0.05) is 12.6 Å². The molecule has 1 aliphatic rings. The number of carboxylic acids is 2. The molecule has 6 nitrogen and oxygen atoms in total. The molecule has 0 spiro atoms. The molecule has 19 heavy (non-hydrogen) atoms. The minimum absolute atomic E-state index is 0.0262. The molecule has 108 valence electrons. The van der Waals surface area contributed by atoms with Gasteiger partial charge in [-0.2, -0.15) is 0 Å². The van der Waals surface area contributed by atoms with Gasteiger partial charge in [0.2, 0.25) is 0 Å². The van der Waals surface area contributed by atoms with Crippen LogP contribution in [0.2, 0.25) is 0 Å². The molecule has 0 aromatic rings. The Morgan fingerprint density at radius 3 is 2.26 bits per heavy atom. The SMILES string of the molecule is CN(C)C1C(C)(C(=O)O)C=CCC1(CCO)C(=O)O. The fourth-order valence-electron chi connectivity index (χ4n) is 3.26. The van der Waals surface area contributed by atoms with Crippen molar-refractivity contribution in [3.63, 3.8) is 0 Å². The molecule has 1 rings (SSSR count). The Bertz CT molecular complexity index is 406. The minimum Gasteiger partial charge on any atom is -0.481 e. The lowest BCUT2D eigenvalue weighted by molar-refractivity contribution is -0.165. The monoisotopic (exact) mass is 271 g/mol. The van der Waals surface area contributed by atoms with Crippen LogP contribution in [0, 0.1) is 10.8 Å². The van der Waals surface area contributed by atoms with E-state index in [4.69, 9.17) is 0 Å². The predicted molar refractivity (Wildman–Crippen MR) is 68.7 cm³/mol. The van der Waals surface area contributed by atoms with Crippen molar-refractivity contribution in [2.75, 3.05) is 20.7 Å². The Hall–Kier alpha value is -1.40. The van der Waals surface area contributed by atoms with Crippen molar-refractivity contribution in [1.29, 1.82) is 0 Å². The summed E-state index contributed by atoms with van der Waals surface area (Å²) in [6, 6.07) is -0.729. The highest BCUT2D eigenvalue weighted by atomic mass is 16.4. The highest BCUT2D eigenvalue weighted by Crippen LogP contribution is 2.47. The average molecular weight is 271 g/mol. The molecule has 6 heteroatoms. The maximum Gasteiger partial charge on any atom is 0.314 e.